The van der Waals surface area contributed by atoms with Crippen molar-refractivity contribution in [3.63, 3.8) is 0 Å². The second kappa shape index (κ2) is 8.88. The average Bonchev–Trinajstić information content (AvgIpc) is 2.60. The number of benzene rings is 2. The minimum absolute atomic E-state index is 0.140. The van der Waals surface area contributed by atoms with Crippen LogP contribution in [0, 0.1) is 6.92 Å². The van der Waals surface area contributed by atoms with Gasteiger partial charge in [-0.1, -0.05) is 17.7 Å². The van der Waals surface area contributed by atoms with E-state index in [0.29, 0.717) is 11.3 Å². The minimum Gasteiger partial charge on any atom is -0.482 e. The first-order valence-electron chi connectivity index (χ1n) is 8.61. The van der Waals surface area contributed by atoms with E-state index >= 15 is 0 Å². The van der Waals surface area contributed by atoms with Crippen LogP contribution in [-0.4, -0.2) is 32.8 Å². The largest absolute Gasteiger partial charge is 0.482 e. The van der Waals surface area contributed by atoms with E-state index in [2.05, 4.69) is 9.93 Å². The summed E-state index contributed by atoms with van der Waals surface area (Å²) in [5.74, 6) is 0.0342. The first kappa shape index (κ1) is 21.4. The van der Waals surface area contributed by atoms with Gasteiger partial charge in [0.05, 0.1) is 11.1 Å². The zero-order valence-corrected chi connectivity index (χ0v) is 17.1. The lowest BCUT2D eigenvalue weighted by molar-refractivity contribution is -0.157. The number of esters is 1. The molecule has 150 valence electrons. The smallest absolute Gasteiger partial charge is 0.344 e. The number of hydrazone groups is 1. The van der Waals surface area contributed by atoms with Crippen molar-refractivity contribution in [1.29, 1.82) is 0 Å². The fourth-order valence-corrected chi connectivity index (χ4v) is 2.90. The molecule has 0 heterocycles. The number of nitrogens with zero attached hydrogens (tertiary/aromatic N) is 1. The molecule has 0 atom stereocenters. The third kappa shape index (κ3) is 7.03. The fourth-order valence-electron chi connectivity index (χ4n) is 2.10. The Morgan fingerprint density at radius 1 is 1.07 bits per heavy atom. The van der Waals surface area contributed by atoms with Crippen molar-refractivity contribution in [2.75, 3.05) is 6.61 Å². The highest BCUT2D eigenvalue weighted by Crippen LogP contribution is 2.13. The lowest BCUT2D eigenvalue weighted by atomic mass is 10.2. The van der Waals surface area contributed by atoms with Crippen molar-refractivity contribution < 1.29 is 22.7 Å². The minimum atomic E-state index is -3.71. The van der Waals surface area contributed by atoms with Crippen LogP contribution in [0.1, 0.15) is 31.9 Å². The van der Waals surface area contributed by atoms with Gasteiger partial charge in [-0.15, -0.1) is 0 Å². The van der Waals surface area contributed by atoms with Gasteiger partial charge in [-0.05, 0) is 69.7 Å². The number of hydrogen-bond donors (Lipinski definition) is 1. The Kier molecular flexibility index (Phi) is 6.80. The number of hydrogen-bond acceptors (Lipinski definition) is 6. The van der Waals surface area contributed by atoms with Gasteiger partial charge in [-0.25, -0.2) is 9.63 Å². The first-order chi connectivity index (χ1) is 13.0. The van der Waals surface area contributed by atoms with Crippen molar-refractivity contribution in [3.8, 4) is 5.75 Å². The van der Waals surface area contributed by atoms with E-state index in [4.69, 9.17) is 9.47 Å². The number of aryl methyl sites for hydroxylation is 1. The molecule has 0 unspecified atom stereocenters. The normalized spacial score (nSPS) is 12.0. The molecule has 0 aliphatic heterocycles. The number of rotatable bonds is 7. The summed E-state index contributed by atoms with van der Waals surface area (Å²) in [6, 6.07) is 13.2. The predicted octanol–water partition coefficient (Wildman–Crippen LogP) is 3.03. The van der Waals surface area contributed by atoms with Crippen LogP contribution in [-0.2, 0) is 19.6 Å². The number of sulfonamides is 1. The molecule has 0 saturated carbocycles. The third-order valence-electron chi connectivity index (χ3n) is 3.37. The van der Waals surface area contributed by atoms with Crippen LogP contribution in [0.4, 0.5) is 0 Å². The summed E-state index contributed by atoms with van der Waals surface area (Å²) in [5, 5.41) is 3.78. The Labute approximate surface area is 165 Å². The van der Waals surface area contributed by atoms with Crippen molar-refractivity contribution in [3.05, 3.63) is 59.7 Å². The van der Waals surface area contributed by atoms with E-state index in [9.17, 15) is 13.2 Å². The molecule has 2 aromatic carbocycles. The second-order valence-corrected chi connectivity index (χ2v) is 8.77. The summed E-state index contributed by atoms with van der Waals surface area (Å²) in [5.41, 5.74) is 1.07. The molecule has 0 aliphatic rings. The van der Waals surface area contributed by atoms with Gasteiger partial charge in [-0.2, -0.15) is 13.5 Å². The summed E-state index contributed by atoms with van der Waals surface area (Å²) < 4.78 is 34.8. The van der Waals surface area contributed by atoms with Gasteiger partial charge >= 0.3 is 5.97 Å². The van der Waals surface area contributed by atoms with Crippen LogP contribution in [0.15, 0.2) is 58.5 Å². The van der Waals surface area contributed by atoms with E-state index in [-0.39, 0.29) is 11.5 Å². The first-order valence-corrected chi connectivity index (χ1v) is 10.1. The van der Waals surface area contributed by atoms with Crippen molar-refractivity contribution >= 4 is 22.2 Å². The monoisotopic (exact) mass is 404 g/mol. The van der Waals surface area contributed by atoms with Crippen LogP contribution in [0.5, 0.6) is 5.75 Å². The molecule has 0 saturated heterocycles. The highest BCUT2D eigenvalue weighted by Gasteiger charge is 2.16. The summed E-state index contributed by atoms with van der Waals surface area (Å²) in [4.78, 5) is 13.9. The molecule has 7 nitrogen and oxygen atoms in total. The third-order valence-corrected chi connectivity index (χ3v) is 4.61. The molecule has 0 bridgehead atoms. The maximum atomic E-state index is 12.1. The summed E-state index contributed by atoms with van der Waals surface area (Å²) in [6.45, 7) is 7.04. The molecule has 2 rings (SSSR count). The predicted molar refractivity (Wildman–Crippen MR) is 107 cm³/mol. The zero-order chi connectivity index (χ0) is 20.8. The van der Waals surface area contributed by atoms with Gasteiger partial charge in [0, 0.05) is 0 Å². The fraction of sp³-hybridized carbons (Fsp3) is 0.300. The molecular formula is C20H24N2O5S. The SMILES string of the molecule is Cc1ccc(S(=O)(=O)NN=Cc2ccc(OCC(=O)OC(C)(C)C)cc2)cc1. The molecule has 2 aromatic rings. The van der Waals surface area contributed by atoms with E-state index in [1.807, 2.05) is 6.92 Å². The number of nitrogens with one attached hydrogen (secondary N) is 1. The molecule has 0 aliphatic carbocycles. The van der Waals surface area contributed by atoms with Gasteiger partial charge < -0.3 is 9.47 Å². The van der Waals surface area contributed by atoms with E-state index < -0.39 is 21.6 Å². The number of ether oxygens (including phenoxy) is 2. The van der Waals surface area contributed by atoms with Crippen LogP contribution >= 0.6 is 0 Å². The molecule has 28 heavy (non-hydrogen) atoms. The van der Waals surface area contributed by atoms with Gasteiger partial charge in [-0.3, -0.25) is 0 Å². The van der Waals surface area contributed by atoms with Crippen LogP contribution < -0.4 is 9.57 Å². The van der Waals surface area contributed by atoms with Gasteiger partial charge in [0.25, 0.3) is 10.0 Å². The van der Waals surface area contributed by atoms with Crippen LogP contribution in [0.25, 0.3) is 0 Å². The average molecular weight is 404 g/mol. The second-order valence-electron chi connectivity index (χ2n) is 7.11. The molecule has 0 radical (unpaired) electrons. The standard InChI is InChI=1S/C20H24N2O5S/c1-15-5-11-18(12-6-15)28(24,25)22-21-13-16-7-9-17(10-8-16)26-14-19(23)27-20(2,3)4/h5-13,22H,14H2,1-4H3. The molecule has 0 aromatic heterocycles. The molecule has 0 amide bonds. The van der Waals surface area contributed by atoms with Crippen LogP contribution in [0.3, 0.4) is 0 Å². The lowest BCUT2D eigenvalue weighted by Crippen LogP contribution is -2.27. The van der Waals surface area contributed by atoms with Crippen LogP contribution in [0.2, 0.25) is 0 Å². The highest BCUT2D eigenvalue weighted by molar-refractivity contribution is 7.89. The van der Waals surface area contributed by atoms with E-state index in [1.54, 1.807) is 57.2 Å². The number of carbonyl (C=O) groups is 1. The topological polar surface area (TPSA) is 94.1 Å². The summed E-state index contributed by atoms with van der Waals surface area (Å²) >= 11 is 0. The Bertz CT molecular complexity index is 928. The van der Waals surface area contributed by atoms with Gasteiger partial charge in [0.15, 0.2) is 6.61 Å². The van der Waals surface area contributed by atoms with Gasteiger partial charge in [0.1, 0.15) is 11.4 Å². The summed E-state index contributed by atoms with van der Waals surface area (Å²) in [6.07, 6.45) is 1.38. The van der Waals surface area contributed by atoms with E-state index in [1.165, 1.54) is 18.3 Å². The Morgan fingerprint density at radius 3 is 2.25 bits per heavy atom. The molecule has 1 N–H and O–H groups in total. The maximum absolute atomic E-state index is 12.1. The van der Waals surface area contributed by atoms with E-state index in [0.717, 1.165) is 5.56 Å². The quantitative estimate of drug-likeness (QED) is 0.435. The molecule has 0 spiro atoms. The molecule has 8 heteroatoms. The summed E-state index contributed by atoms with van der Waals surface area (Å²) in [7, 11) is -3.71. The molecule has 0 fully saturated rings. The Morgan fingerprint density at radius 2 is 1.68 bits per heavy atom. The van der Waals surface area contributed by atoms with Gasteiger partial charge in [0.2, 0.25) is 0 Å². The molecular weight excluding hydrogens is 380 g/mol. The van der Waals surface area contributed by atoms with Crippen molar-refractivity contribution in [1.82, 2.24) is 4.83 Å². The lowest BCUT2D eigenvalue weighted by Gasteiger charge is -2.19. The van der Waals surface area contributed by atoms with Crippen molar-refractivity contribution in [2.45, 2.75) is 38.2 Å². The maximum Gasteiger partial charge on any atom is 0.344 e. The van der Waals surface area contributed by atoms with Crippen molar-refractivity contribution in [2.24, 2.45) is 5.10 Å². The highest BCUT2D eigenvalue weighted by atomic mass is 32.2. The number of carbonyl (C=O) groups excluding carboxylic acids is 1. The Balaban J connectivity index is 1.89. The zero-order valence-electron chi connectivity index (χ0n) is 16.3. The Hall–Kier alpha value is -2.87.